The van der Waals surface area contributed by atoms with Crippen LogP contribution in [0.3, 0.4) is 0 Å². The van der Waals surface area contributed by atoms with E-state index in [0.717, 1.165) is 22.3 Å². The molecular formula is C28H39N3O6S. The van der Waals surface area contributed by atoms with Crippen molar-refractivity contribution < 1.29 is 28.9 Å². The number of fused-ring (bicyclic) bond motifs is 1. The highest BCUT2D eigenvalue weighted by Crippen LogP contribution is 2.34. The highest BCUT2D eigenvalue weighted by molar-refractivity contribution is 8.32. The normalized spacial score (nSPS) is 13.2. The van der Waals surface area contributed by atoms with Gasteiger partial charge in [-0.3, -0.25) is 0 Å². The number of aromatic nitrogens is 2. The number of benzene rings is 1. The van der Waals surface area contributed by atoms with Crippen molar-refractivity contribution in [3.8, 4) is 11.5 Å². The van der Waals surface area contributed by atoms with Crippen LogP contribution in [0.1, 0.15) is 31.9 Å². The SMILES string of the molecule is Cc1cn(COCCS(C)(C)C)c2nccc(Oc3cccc(CC(NC(=O)OC(C)(C)C)C(=O)O)c3)c12. The van der Waals surface area contributed by atoms with Crippen LogP contribution in [0, 0.1) is 6.92 Å². The molecule has 0 aliphatic rings. The predicted molar refractivity (Wildman–Crippen MR) is 152 cm³/mol. The summed E-state index contributed by atoms with van der Waals surface area (Å²) in [6, 6.07) is 7.81. The van der Waals surface area contributed by atoms with Crippen molar-refractivity contribution in [2.75, 3.05) is 31.1 Å². The number of aliphatic carboxylic acids is 1. The van der Waals surface area contributed by atoms with Crippen molar-refractivity contribution in [2.24, 2.45) is 0 Å². The van der Waals surface area contributed by atoms with E-state index in [1.165, 1.54) is 0 Å². The Kier molecular flexibility index (Phi) is 9.32. The third-order valence-electron chi connectivity index (χ3n) is 5.53. The van der Waals surface area contributed by atoms with Gasteiger partial charge in [0, 0.05) is 24.6 Å². The third kappa shape index (κ3) is 8.66. The molecule has 0 radical (unpaired) electrons. The molecule has 2 N–H and O–H groups in total. The Morgan fingerprint density at radius 3 is 2.58 bits per heavy atom. The summed E-state index contributed by atoms with van der Waals surface area (Å²) in [5.41, 5.74) is 1.75. The molecule has 0 bridgehead atoms. The maximum absolute atomic E-state index is 12.1. The van der Waals surface area contributed by atoms with Crippen LogP contribution in [0.5, 0.6) is 11.5 Å². The van der Waals surface area contributed by atoms with Gasteiger partial charge in [0.2, 0.25) is 0 Å². The Morgan fingerprint density at radius 1 is 1.18 bits per heavy atom. The van der Waals surface area contributed by atoms with E-state index >= 15 is 0 Å². The van der Waals surface area contributed by atoms with Gasteiger partial charge < -0.3 is 29.2 Å². The molecule has 1 unspecified atom stereocenters. The van der Waals surface area contributed by atoms with Crippen LogP contribution in [-0.2, 0) is 27.4 Å². The Labute approximate surface area is 225 Å². The number of hydrogen-bond acceptors (Lipinski definition) is 6. The first-order chi connectivity index (χ1) is 17.7. The van der Waals surface area contributed by atoms with Gasteiger partial charge in [-0.25, -0.2) is 24.6 Å². The zero-order valence-electron chi connectivity index (χ0n) is 23.2. The maximum Gasteiger partial charge on any atom is 0.408 e. The quantitative estimate of drug-likeness (QED) is 0.313. The molecule has 1 atom stereocenters. The minimum absolute atomic E-state index is 0.0700. The van der Waals surface area contributed by atoms with Crippen LogP contribution in [0.15, 0.2) is 42.7 Å². The molecule has 3 aromatic rings. The first-order valence-corrected chi connectivity index (χ1v) is 15.4. The molecule has 9 nitrogen and oxygen atoms in total. The molecule has 0 saturated heterocycles. The summed E-state index contributed by atoms with van der Waals surface area (Å²) in [6.07, 6.45) is 9.80. The van der Waals surface area contributed by atoms with Crippen molar-refractivity contribution in [1.29, 1.82) is 0 Å². The number of nitrogens with one attached hydrogen (secondary N) is 1. The molecule has 0 saturated carbocycles. The van der Waals surface area contributed by atoms with Gasteiger partial charge in [0.05, 0.1) is 12.0 Å². The number of amides is 1. The average molecular weight is 546 g/mol. The standard InChI is InChI=1S/C28H39N3O6S/c1-19-17-31(18-35-13-14-38(5,6)7)25-24(19)23(11-12-29-25)36-21-10-8-9-20(15-21)16-22(26(32)33)30-27(34)37-28(2,3)4/h8-12,15,17,22H,13-14,16,18H2,1-7H3,(H,30,34)(H,32,33). The second-order valence-electron chi connectivity index (χ2n) is 11.1. The first kappa shape index (κ1) is 29.3. The smallest absolute Gasteiger partial charge is 0.408 e. The number of carboxylic acid groups (broad SMARTS) is 1. The Morgan fingerprint density at radius 2 is 1.92 bits per heavy atom. The number of ether oxygens (including phenoxy) is 3. The summed E-state index contributed by atoms with van der Waals surface area (Å²) in [5.74, 6) is 1.08. The number of alkyl carbamates (subject to hydrolysis) is 1. The highest BCUT2D eigenvalue weighted by Gasteiger charge is 2.24. The highest BCUT2D eigenvalue weighted by atomic mass is 32.3. The van der Waals surface area contributed by atoms with E-state index in [9.17, 15) is 14.7 Å². The van der Waals surface area contributed by atoms with E-state index in [-0.39, 0.29) is 6.42 Å². The lowest BCUT2D eigenvalue weighted by Gasteiger charge is -2.24. The van der Waals surface area contributed by atoms with E-state index in [1.807, 2.05) is 17.7 Å². The summed E-state index contributed by atoms with van der Waals surface area (Å²) in [7, 11) is -0.616. The number of carboxylic acids is 1. The van der Waals surface area contributed by atoms with Gasteiger partial charge in [-0.05, 0) is 75.8 Å². The van der Waals surface area contributed by atoms with Crippen molar-refractivity contribution in [1.82, 2.24) is 14.9 Å². The average Bonchev–Trinajstić information content (AvgIpc) is 3.11. The monoisotopic (exact) mass is 545 g/mol. The number of carbonyl (C=O) groups is 2. The largest absolute Gasteiger partial charge is 0.480 e. The molecule has 0 fully saturated rings. The number of hydrogen-bond donors (Lipinski definition) is 2. The lowest BCUT2D eigenvalue weighted by Crippen LogP contribution is -2.44. The fraction of sp³-hybridized carbons (Fsp3) is 0.464. The van der Waals surface area contributed by atoms with E-state index in [4.69, 9.17) is 14.2 Å². The Hall–Kier alpha value is -3.24. The fourth-order valence-corrected chi connectivity index (χ4v) is 4.40. The fourth-order valence-electron chi connectivity index (χ4n) is 3.79. The summed E-state index contributed by atoms with van der Waals surface area (Å²) in [4.78, 5) is 28.5. The zero-order chi connectivity index (χ0) is 28.1. The van der Waals surface area contributed by atoms with E-state index in [2.05, 4.69) is 29.1 Å². The number of nitrogens with zero attached hydrogens (tertiary/aromatic N) is 2. The van der Waals surface area contributed by atoms with Gasteiger partial charge >= 0.3 is 12.1 Å². The topological polar surface area (TPSA) is 112 Å². The summed E-state index contributed by atoms with van der Waals surface area (Å²) >= 11 is 0. The first-order valence-electron chi connectivity index (χ1n) is 12.4. The van der Waals surface area contributed by atoms with E-state index in [1.54, 1.807) is 57.3 Å². The van der Waals surface area contributed by atoms with Gasteiger partial charge in [-0.2, -0.15) is 0 Å². The van der Waals surface area contributed by atoms with E-state index in [0.29, 0.717) is 30.4 Å². The van der Waals surface area contributed by atoms with Gasteiger partial charge in [0.15, 0.2) is 0 Å². The molecular weight excluding hydrogens is 506 g/mol. The maximum atomic E-state index is 12.1. The van der Waals surface area contributed by atoms with Gasteiger partial charge in [0.25, 0.3) is 0 Å². The second-order valence-corrected chi connectivity index (χ2v) is 15.7. The number of aryl methyl sites for hydroxylation is 1. The number of carbonyl (C=O) groups excluding carboxylic acids is 1. The third-order valence-corrected chi connectivity index (χ3v) is 6.93. The number of rotatable bonds is 11. The minimum atomic E-state index is -1.15. The van der Waals surface area contributed by atoms with Gasteiger partial charge in [-0.1, -0.05) is 12.1 Å². The van der Waals surface area contributed by atoms with Crippen LogP contribution >= 0.6 is 10.0 Å². The van der Waals surface area contributed by atoms with Gasteiger partial charge in [-0.15, -0.1) is 0 Å². The van der Waals surface area contributed by atoms with Crippen LogP contribution in [0.2, 0.25) is 0 Å². The van der Waals surface area contributed by atoms with Crippen LogP contribution in [-0.4, -0.2) is 69.5 Å². The minimum Gasteiger partial charge on any atom is -0.480 e. The molecule has 1 amide bonds. The molecule has 38 heavy (non-hydrogen) atoms. The van der Waals surface area contributed by atoms with E-state index < -0.39 is 33.7 Å². The molecule has 2 aromatic heterocycles. The Bertz CT molecular complexity index is 1280. The van der Waals surface area contributed by atoms with Crippen LogP contribution in [0.4, 0.5) is 4.79 Å². The Balaban J connectivity index is 1.74. The molecule has 0 spiro atoms. The summed E-state index contributed by atoms with van der Waals surface area (Å²) in [5, 5.41) is 13.0. The molecule has 10 heteroatoms. The van der Waals surface area contributed by atoms with Gasteiger partial charge in [0.1, 0.15) is 35.5 Å². The van der Waals surface area contributed by atoms with Crippen molar-refractivity contribution >= 4 is 33.1 Å². The summed E-state index contributed by atoms with van der Waals surface area (Å²) in [6.45, 7) is 8.26. The number of pyridine rings is 1. The molecule has 1 aromatic carbocycles. The van der Waals surface area contributed by atoms with Crippen molar-refractivity contribution in [3.05, 3.63) is 53.9 Å². The van der Waals surface area contributed by atoms with Crippen molar-refractivity contribution in [2.45, 2.75) is 52.5 Å². The molecule has 3 rings (SSSR count). The predicted octanol–water partition coefficient (Wildman–Crippen LogP) is 5.33. The summed E-state index contributed by atoms with van der Waals surface area (Å²) < 4.78 is 19.3. The zero-order valence-corrected chi connectivity index (χ0v) is 24.1. The van der Waals surface area contributed by atoms with Crippen LogP contribution < -0.4 is 10.1 Å². The van der Waals surface area contributed by atoms with Crippen LogP contribution in [0.25, 0.3) is 11.0 Å². The molecule has 208 valence electrons. The molecule has 0 aliphatic heterocycles. The van der Waals surface area contributed by atoms with Crippen molar-refractivity contribution in [3.63, 3.8) is 0 Å². The molecule has 2 heterocycles. The molecule has 0 aliphatic carbocycles. The lowest BCUT2D eigenvalue weighted by atomic mass is 10.1. The second kappa shape index (κ2) is 12.1. The lowest BCUT2D eigenvalue weighted by molar-refractivity contribution is -0.139.